The maximum absolute atomic E-state index is 12.7. The van der Waals surface area contributed by atoms with E-state index in [2.05, 4.69) is 19.2 Å². The lowest BCUT2D eigenvalue weighted by Crippen LogP contribution is -2.53. The number of morpholine rings is 1. The average molecular weight is 334 g/mol. The molecule has 2 amide bonds. The fourth-order valence-electron chi connectivity index (χ4n) is 3.03. The number of amides is 2. The highest BCUT2D eigenvalue weighted by Crippen LogP contribution is 2.20. The van der Waals surface area contributed by atoms with E-state index >= 15 is 0 Å². The molecule has 0 aromatic heterocycles. The molecule has 5 heteroatoms. The Labute approximate surface area is 145 Å². The molecule has 1 aromatic carbocycles. The van der Waals surface area contributed by atoms with Gasteiger partial charge in [0.1, 0.15) is 5.75 Å². The molecular formula is C19H30N2O3. The fraction of sp³-hybridized carbons (Fsp3) is 0.632. The quantitative estimate of drug-likeness (QED) is 0.865. The normalized spacial score (nSPS) is 19.2. The van der Waals surface area contributed by atoms with E-state index in [0.29, 0.717) is 32.3 Å². The smallest absolute Gasteiger partial charge is 0.318 e. The Bertz CT molecular complexity index is 516. The van der Waals surface area contributed by atoms with Gasteiger partial charge >= 0.3 is 6.03 Å². The van der Waals surface area contributed by atoms with Gasteiger partial charge in [0.15, 0.2) is 0 Å². The molecule has 1 fully saturated rings. The summed E-state index contributed by atoms with van der Waals surface area (Å²) in [5.74, 6) is 1.39. The Hall–Kier alpha value is -1.75. The summed E-state index contributed by atoms with van der Waals surface area (Å²) in [6, 6.07) is 7.99. The summed E-state index contributed by atoms with van der Waals surface area (Å²) in [7, 11) is 0. The zero-order valence-corrected chi connectivity index (χ0v) is 15.2. The Balaban J connectivity index is 1.96. The van der Waals surface area contributed by atoms with Gasteiger partial charge in [-0.15, -0.1) is 0 Å². The highest BCUT2D eigenvalue weighted by atomic mass is 16.5. The Morgan fingerprint density at radius 2 is 2.04 bits per heavy atom. The van der Waals surface area contributed by atoms with Crippen molar-refractivity contribution in [1.29, 1.82) is 0 Å². The third kappa shape index (κ3) is 5.13. The molecule has 1 aromatic rings. The van der Waals surface area contributed by atoms with Crippen molar-refractivity contribution < 1.29 is 14.3 Å². The molecule has 2 atom stereocenters. The second kappa shape index (κ2) is 8.92. The van der Waals surface area contributed by atoms with Crippen LogP contribution < -0.4 is 10.1 Å². The molecule has 5 nitrogen and oxygen atoms in total. The van der Waals surface area contributed by atoms with Gasteiger partial charge in [-0.3, -0.25) is 0 Å². The highest BCUT2D eigenvalue weighted by Gasteiger charge is 2.28. The van der Waals surface area contributed by atoms with Crippen LogP contribution in [0.2, 0.25) is 0 Å². The maximum atomic E-state index is 12.7. The lowest BCUT2D eigenvalue weighted by atomic mass is 10.0. The molecule has 2 rings (SSSR count). The van der Waals surface area contributed by atoms with Gasteiger partial charge in [0.05, 0.1) is 31.9 Å². The molecule has 0 radical (unpaired) electrons. The van der Waals surface area contributed by atoms with Crippen LogP contribution in [0.1, 0.15) is 45.7 Å². The SMILES string of the molecule is CCOc1ccc(C(C)NC(=O)N2CCOCC2CC(C)C)cc1. The second-order valence-electron chi connectivity index (χ2n) is 6.72. The lowest BCUT2D eigenvalue weighted by molar-refractivity contribution is 0.00509. The van der Waals surface area contributed by atoms with E-state index in [-0.39, 0.29) is 18.1 Å². The van der Waals surface area contributed by atoms with Crippen molar-refractivity contribution in [3.05, 3.63) is 29.8 Å². The third-order valence-corrected chi connectivity index (χ3v) is 4.26. The predicted molar refractivity (Wildman–Crippen MR) is 95.3 cm³/mol. The van der Waals surface area contributed by atoms with Crippen molar-refractivity contribution >= 4 is 6.03 Å². The zero-order valence-electron chi connectivity index (χ0n) is 15.2. The van der Waals surface area contributed by atoms with Crippen LogP contribution in [-0.4, -0.2) is 43.3 Å². The number of carbonyl (C=O) groups excluding carboxylic acids is 1. The minimum atomic E-state index is -0.0456. The topological polar surface area (TPSA) is 50.8 Å². The van der Waals surface area contributed by atoms with Crippen molar-refractivity contribution in [2.45, 2.75) is 46.2 Å². The summed E-state index contributed by atoms with van der Waals surface area (Å²) in [6.07, 6.45) is 0.963. The van der Waals surface area contributed by atoms with Gasteiger partial charge in [-0.25, -0.2) is 4.79 Å². The molecular weight excluding hydrogens is 304 g/mol. The number of carbonyl (C=O) groups is 1. The maximum Gasteiger partial charge on any atom is 0.318 e. The molecule has 1 saturated heterocycles. The molecule has 2 unspecified atom stereocenters. The fourth-order valence-corrected chi connectivity index (χ4v) is 3.03. The second-order valence-corrected chi connectivity index (χ2v) is 6.72. The molecule has 1 heterocycles. The first-order chi connectivity index (χ1) is 11.5. The number of benzene rings is 1. The first-order valence-corrected chi connectivity index (χ1v) is 8.88. The molecule has 0 saturated carbocycles. The predicted octanol–water partition coefficient (Wildman–Crippen LogP) is 3.60. The van der Waals surface area contributed by atoms with Gasteiger partial charge in [0, 0.05) is 6.54 Å². The van der Waals surface area contributed by atoms with Crippen molar-refractivity contribution in [2.75, 3.05) is 26.4 Å². The Kier molecular flexibility index (Phi) is 6.91. The van der Waals surface area contributed by atoms with E-state index in [1.165, 1.54) is 0 Å². The van der Waals surface area contributed by atoms with Gasteiger partial charge < -0.3 is 19.7 Å². The first kappa shape index (κ1) is 18.6. The monoisotopic (exact) mass is 334 g/mol. The lowest BCUT2D eigenvalue weighted by Gasteiger charge is -2.37. The summed E-state index contributed by atoms with van der Waals surface area (Å²) in [5.41, 5.74) is 1.07. The van der Waals surface area contributed by atoms with Crippen molar-refractivity contribution in [1.82, 2.24) is 10.2 Å². The van der Waals surface area contributed by atoms with Gasteiger partial charge in [-0.1, -0.05) is 26.0 Å². The van der Waals surface area contributed by atoms with Gasteiger partial charge in [-0.05, 0) is 43.9 Å². The largest absolute Gasteiger partial charge is 0.494 e. The van der Waals surface area contributed by atoms with Crippen LogP contribution in [0.4, 0.5) is 4.79 Å². The third-order valence-electron chi connectivity index (χ3n) is 4.26. The molecule has 1 aliphatic heterocycles. The summed E-state index contributed by atoms with van der Waals surface area (Å²) in [6.45, 7) is 10.9. The molecule has 1 N–H and O–H groups in total. The van der Waals surface area contributed by atoms with Gasteiger partial charge in [-0.2, -0.15) is 0 Å². The van der Waals surface area contributed by atoms with Crippen LogP contribution in [-0.2, 0) is 4.74 Å². The standard InChI is InChI=1S/C19H30N2O3/c1-5-24-18-8-6-16(7-9-18)15(4)20-19(22)21-10-11-23-13-17(21)12-14(2)3/h6-9,14-15,17H,5,10-13H2,1-4H3,(H,20,22). The number of nitrogens with zero attached hydrogens (tertiary/aromatic N) is 1. The average Bonchev–Trinajstić information content (AvgIpc) is 2.55. The van der Waals surface area contributed by atoms with Crippen LogP contribution >= 0.6 is 0 Å². The van der Waals surface area contributed by atoms with Crippen LogP contribution in [0.3, 0.4) is 0 Å². The Morgan fingerprint density at radius 1 is 1.33 bits per heavy atom. The van der Waals surface area contributed by atoms with E-state index in [9.17, 15) is 4.79 Å². The minimum absolute atomic E-state index is 0.00895. The minimum Gasteiger partial charge on any atom is -0.494 e. The van der Waals surface area contributed by atoms with Gasteiger partial charge in [0.25, 0.3) is 0 Å². The number of ether oxygens (including phenoxy) is 2. The number of hydrogen-bond acceptors (Lipinski definition) is 3. The Morgan fingerprint density at radius 3 is 2.67 bits per heavy atom. The molecule has 0 bridgehead atoms. The number of nitrogens with one attached hydrogen (secondary N) is 1. The van der Waals surface area contributed by atoms with E-state index in [0.717, 1.165) is 17.7 Å². The molecule has 1 aliphatic rings. The zero-order chi connectivity index (χ0) is 17.5. The molecule has 0 aliphatic carbocycles. The van der Waals surface area contributed by atoms with Crippen LogP contribution in [0.25, 0.3) is 0 Å². The number of urea groups is 1. The van der Waals surface area contributed by atoms with E-state index < -0.39 is 0 Å². The summed E-state index contributed by atoms with van der Waals surface area (Å²) < 4.78 is 11.0. The van der Waals surface area contributed by atoms with Crippen molar-refractivity contribution in [2.24, 2.45) is 5.92 Å². The highest BCUT2D eigenvalue weighted by molar-refractivity contribution is 5.75. The summed E-state index contributed by atoms with van der Waals surface area (Å²) in [5, 5.41) is 3.11. The molecule has 134 valence electrons. The van der Waals surface area contributed by atoms with Gasteiger partial charge in [0.2, 0.25) is 0 Å². The van der Waals surface area contributed by atoms with Crippen molar-refractivity contribution in [3.8, 4) is 5.75 Å². The van der Waals surface area contributed by atoms with Crippen LogP contribution in [0.15, 0.2) is 24.3 Å². The van der Waals surface area contributed by atoms with E-state index in [4.69, 9.17) is 9.47 Å². The van der Waals surface area contributed by atoms with Crippen LogP contribution in [0.5, 0.6) is 5.75 Å². The summed E-state index contributed by atoms with van der Waals surface area (Å²) in [4.78, 5) is 14.6. The van der Waals surface area contributed by atoms with Crippen LogP contribution in [0, 0.1) is 5.92 Å². The van der Waals surface area contributed by atoms with E-state index in [1.54, 1.807) is 0 Å². The number of hydrogen-bond donors (Lipinski definition) is 1. The summed E-state index contributed by atoms with van der Waals surface area (Å²) >= 11 is 0. The molecule has 24 heavy (non-hydrogen) atoms. The molecule has 0 spiro atoms. The number of rotatable bonds is 6. The van der Waals surface area contributed by atoms with Crippen molar-refractivity contribution in [3.63, 3.8) is 0 Å². The first-order valence-electron chi connectivity index (χ1n) is 8.88. The van der Waals surface area contributed by atoms with E-state index in [1.807, 2.05) is 43.0 Å².